The summed E-state index contributed by atoms with van der Waals surface area (Å²) in [6.07, 6.45) is 2.74. The normalized spacial score (nSPS) is 14.7. The van der Waals surface area contributed by atoms with Gasteiger partial charge in [-0.05, 0) is 36.1 Å². The van der Waals surface area contributed by atoms with E-state index in [4.69, 9.17) is 4.74 Å². The molecule has 26 heavy (non-hydrogen) atoms. The molecular weight excluding hydrogens is 409 g/mol. The Morgan fingerprint density at radius 1 is 1.35 bits per heavy atom. The van der Waals surface area contributed by atoms with Crippen LogP contribution in [0.25, 0.3) is 0 Å². The Kier molecular flexibility index (Phi) is 5.26. The second-order valence-corrected chi connectivity index (χ2v) is 7.14. The van der Waals surface area contributed by atoms with Crippen LogP contribution in [0.15, 0.2) is 32.3 Å². The number of amides is 1. The van der Waals surface area contributed by atoms with Crippen molar-refractivity contribution in [2.45, 2.75) is 25.3 Å². The number of hydrogen-bond donors (Lipinski definition) is 3. The number of benzene rings is 1. The molecule has 138 valence electrons. The highest BCUT2D eigenvalue weighted by atomic mass is 79.9. The molecular formula is C17H17BrFN3O4. The van der Waals surface area contributed by atoms with Crippen LogP contribution in [0.3, 0.4) is 0 Å². The first-order chi connectivity index (χ1) is 12.4. The summed E-state index contributed by atoms with van der Waals surface area (Å²) in [7, 11) is 1.23. The van der Waals surface area contributed by atoms with Crippen molar-refractivity contribution in [1.82, 2.24) is 15.3 Å². The molecule has 1 aliphatic rings. The Labute approximate surface area is 156 Å². The summed E-state index contributed by atoms with van der Waals surface area (Å²) in [6.45, 7) is 0. The van der Waals surface area contributed by atoms with E-state index in [2.05, 4.69) is 26.2 Å². The summed E-state index contributed by atoms with van der Waals surface area (Å²) in [5.74, 6) is -0.933. The molecule has 1 unspecified atom stereocenters. The van der Waals surface area contributed by atoms with Gasteiger partial charge in [-0.2, -0.15) is 0 Å². The number of aromatic amines is 2. The molecule has 1 atom stereocenters. The number of H-pyrrole nitrogens is 2. The number of methoxy groups -OCH3 is 1. The molecule has 1 heterocycles. The van der Waals surface area contributed by atoms with Crippen LogP contribution in [0.1, 0.15) is 41.4 Å². The molecule has 1 fully saturated rings. The molecule has 0 spiro atoms. The summed E-state index contributed by atoms with van der Waals surface area (Å²) in [5, 5.41) is 2.78. The van der Waals surface area contributed by atoms with Gasteiger partial charge in [-0.3, -0.25) is 19.6 Å². The van der Waals surface area contributed by atoms with Crippen molar-refractivity contribution < 1.29 is 13.9 Å². The lowest BCUT2D eigenvalue weighted by atomic mass is 10.0. The molecule has 0 bridgehead atoms. The lowest BCUT2D eigenvalue weighted by Crippen LogP contribution is -2.34. The van der Waals surface area contributed by atoms with Gasteiger partial charge in [0.2, 0.25) is 5.75 Å². The van der Waals surface area contributed by atoms with Crippen LogP contribution in [-0.2, 0) is 0 Å². The predicted octanol–water partition coefficient (Wildman–Crippen LogP) is 2.24. The van der Waals surface area contributed by atoms with Gasteiger partial charge < -0.3 is 10.1 Å². The fourth-order valence-corrected chi connectivity index (χ4v) is 3.28. The molecule has 1 aliphatic carbocycles. The van der Waals surface area contributed by atoms with Crippen molar-refractivity contribution in [1.29, 1.82) is 0 Å². The third-order valence-electron chi connectivity index (χ3n) is 4.19. The number of nitrogens with one attached hydrogen (secondary N) is 3. The second kappa shape index (κ2) is 7.45. The van der Waals surface area contributed by atoms with Crippen LogP contribution in [0.2, 0.25) is 0 Å². The number of rotatable bonds is 6. The van der Waals surface area contributed by atoms with Crippen LogP contribution < -0.4 is 21.3 Å². The molecule has 7 nitrogen and oxygen atoms in total. The zero-order valence-corrected chi connectivity index (χ0v) is 15.5. The Morgan fingerprint density at radius 2 is 2.08 bits per heavy atom. The van der Waals surface area contributed by atoms with Crippen molar-refractivity contribution in [3.63, 3.8) is 0 Å². The maximum absolute atomic E-state index is 13.8. The molecule has 3 rings (SSSR count). The minimum Gasteiger partial charge on any atom is -0.489 e. The molecule has 3 N–H and O–H groups in total. The van der Waals surface area contributed by atoms with E-state index in [0.717, 1.165) is 12.8 Å². The minimum atomic E-state index is -0.812. The smallest absolute Gasteiger partial charge is 0.326 e. The maximum Gasteiger partial charge on any atom is 0.326 e. The standard InChI is InChI=1S/C17H17BrFN3O4/c1-26-14-13(21-17(25)22-16(14)24)15(23)20-12(4-8-2-3-8)9-5-10(18)7-11(19)6-9/h5-8,12H,2-4H2,1H3,(H,20,23)(H2,21,22,24,25). The van der Waals surface area contributed by atoms with Crippen LogP contribution in [0, 0.1) is 11.7 Å². The van der Waals surface area contributed by atoms with E-state index < -0.39 is 29.0 Å². The first-order valence-electron chi connectivity index (χ1n) is 8.05. The molecule has 1 amide bonds. The van der Waals surface area contributed by atoms with E-state index in [1.54, 1.807) is 6.07 Å². The number of carbonyl (C=O) groups excluding carboxylic acids is 1. The van der Waals surface area contributed by atoms with Gasteiger partial charge >= 0.3 is 5.69 Å². The van der Waals surface area contributed by atoms with E-state index in [9.17, 15) is 18.8 Å². The van der Waals surface area contributed by atoms with Crippen LogP contribution >= 0.6 is 15.9 Å². The first-order valence-corrected chi connectivity index (χ1v) is 8.84. The fraction of sp³-hybridized carbons (Fsp3) is 0.353. The molecule has 2 aromatic rings. The second-order valence-electron chi connectivity index (χ2n) is 6.22. The SMILES string of the molecule is COc1c(C(=O)NC(CC2CC2)c2cc(F)cc(Br)c2)[nH]c(=O)[nH]c1=O. The molecule has 0 radical (unpaired) electrons. The fourth-order valence-electron chi connectivity index (χ4n) is 2.80. The zero-order chi connectivity index (χ0) is 18.8. The molecule has 9 heteroatoms. The highest BCUT2D eigenvalue weighted by molar-refractivity contribution is 9.10. The van der Waals surface area contributed by atoms with E-state index in [-0.39, 0.29) is 11.4 Å². The van der Waals surface area contributed by atoms with Gasteiger partial charge in [-0.15, -0.1) is 0 Å². The molecule has 0 saturated heterocycles. The molecule has 1 saturated carbocycles. The Bertz CT molecular complexity index is 932. The summed E-state index contributed by atoms with van der Waals surface area (Å²) in [4.78, 5) is 40.3. The number of ether oxygens (including phenoxy) is 1. The quantitative estimate of drug-likeness (QED) is 0.659. The molecule has 0 aliphatic heterocycles. The summed E-state index contributed by atoms with van der Waals surface area (Å²) in [5.41, 5.74) is -1.28. The topological polar surface area (TPSA) is 104 Å². The van der Waals surface area contributed by atoms with E-state index in [1.807, 2.05) is 4.98 Å². The third kappa shape index (κ3) is 4.21. The first kappa shape index (κ1) is 18.4. The number of hydrogen-bond acceptors (Lipinski definition) is 4. The van der Waals surface area contributed by atoms with Crippen molar-refractivity contribution in [3.8, 4) is 5.75 Å². The average Bonchev–Trinajstić information content (AvgIpc) is 3.36. The van der Waals surface area contributed by atoms with Gasteiger partial charge in [0, 0.05) is 4.47 Å². The van der Waals surface area contributed by atoms with E-state index in [1.165, 1.54) is 19.2 Å². The zero-order valence-electron chi connectivity index (χ0n) is 13.9. The van der Waals surface area contributed by atoms with E-state index in [0.29, 0.717) is 22.4 Å². The van der Waals surface area contributed by atoms with Crippen molar-refractivity contribution in [3.05, 3.63) is 60.6 Å². The lowest BCUT2D eigenvalue weighted by Gasteiger charge is -2.20. The van der Waals surface area contributed by atoms with Gasteiger partial charge in [0.25, 0.3) is 11.5 Å². The van der Waals surface area contributed by atoms with Crippen LogP contribution in [-0.4, -0.2) is 23.0 Å². The molecule has 1 aromatic heterocycles. The van der Waals surface area contributed by atoms with Gasteiger partial charge in [-0.1, -0.05) is 28.8 Å². The van der Waals surface area contributed by atoms with Gasteiger partial charge in [0.05, 0.1) is 13.2 Å². The third-order valence-corrected chi connectivity index (χ3v) is 4.65. The lowest BCUT2D eigenvalue weighted by molar-refractivity contribution is 0.0924. The Morgan fingerprint density at radius 3 is 2.69 bits per heavy atom. The number of aromatic nitrogens is 2. The molecule has 1 aromatic carbocycles. The van der Waals surface area contributed by atoms with Crippen molar-refractivity contribution in [2.24, 2.45) is 5.92 Å². The van der Waals surface area contributed by atoms with Crippen molar-refractivity contribution >= 4 is 21.8 Å². The summed E-state index contributed by atoms with van der Waals surface area (Å²) < 4.78 is 19.3. The summed E-state index contributed by atoms with van der Waals surface area (Å²) in [6, 6.07) is 3.95. The predicted molar refractivity (Wildman–Crippen MR) is 95.9 cm³/mol. The monoisotopic (exact) mass is 425 g/mol. The van der Waals surface area contributed by atoms with Gasteiger partial charge in [-0.25, -0.2) is 9.18 Å². The van der Waals surface area contributed by atoms with Crippen LogP contribution in [0.5, 0.6) is 5.75 Å². The van der Waals surface area contributed by atoms with Crippen molar-refractivity contribution in [2.75, 3.05) is 7.11 Å². The summed E-state index contributed by atoms with van der Waals surface area (Å²) >= 11 is 3.25. The number of halogens is 2. The number of carbonyl (C=O) groups is 1. The minimum absolute atomic E-state index is 0.266. The van der Waals surface area contributed by atoms with E-state index >= 15 is 0 Å². The van der Waals surface area contributed by atoms with Gasteiger partial charge in [0.15, 0.2) is 5.69 Å². The Hall–Kier alpha value is -2.42. The largest absolute Gasteiger partial charge is 0.489 e. The van der Waals surface area contributed by atoms with Gasteiger partial charge in [0.1, 0.15) is 5.82 Å². The Balaban J connectivity index is 1.93. The average molecular weight is 426 g/mol. The highest BCUT2D eigenvalue weighted by Crippen LogP contribution is 2.38. The van der Waals surface area contributed by atoms with Crippen LogP contribution in [0.4, 0.5) is 4.39 Å². The highest BCUT2D eigenvalue weighted by Gasteiger charge is 2.29. The maximum atomic E-state index is 13.8.